The van der Waals surface area contributed by atoms with Crippen LogP contribution >= 0.6 is 11.6 Å². The monoisotopic (exact) mass is 255 g/mol. The van der Waals surface area contributed by atoms with Crippen molar-refractivity contribution >= 4 is 23.2 Å². The van der Waals surface area contributed by atoms with Gasteiger partial charge in [0.15, 0.2) is 0 Å². The second kappa shape index (κ2) is 7.30. The van der Waals surface area contributed by atoms with Gasteiger partial charge in [0.25, 0.3) is 0 Å². The summed E-state index contributed by atoms with van der Waals surface area (Å²) < 4.78 is 5.31. The number of benzene rings is 1. The van der Waals surface area contributed by atoms with Crippen LogP contribution in [0, 0.1) is 0 Å². The molecule has 1 aromatic carbocycles. The molecule has 0 fully saturated rings. The number of nitrogens with zero attached hydrogens (tertiary/aromatic N) is 1. The van der Waals surface area contributed by atoms with E-state index in [4.69, 9.17) is 16.3 Å². The van der Waals surface area contributed by atoms with Crippen molar-refractivity contribution in [2.45, 2.75) is 25.6 Å². The Labute approximate surface area is 107 Å². The van der Waals surface area contributed by atoms with Crippen LogP contribution in [0.1, 0.15) is 20.3 Å². The number of anilines is 1. The second-order valence-corrected chi connectivity index (χ2v) is 4.13. The van der Waals surface area contributed by atoms with Crippen LogP contribution < -0.4 is 4.90 Å². The van der Waals surface area contributed by atoms with E-state index in [-0.39, 0.29) is 12.6 Å². The Kier molecular flexibility index (Phi) is 6.01. The lowest BCUT2D eigenvalue weighted by molar-refractivity contribution is -0.119. The molecule has 0 aliphatic carbocycles. The Morgan fingerprint density at radius 1 is 1.35 bits per heavy atom. The van der Waals surface area contributed by atoms with Crippen molar-refractivity contribution in [2.75, 3.05) is 18.2 Å². The van der Waals surface area contributed by atoms with E-state index < -0.39 is 5.38 Å². The summed E-state index contributed by atoms with van der Waals surface area (Å²) in [7, 11) is 0. The minimum atomic E-state index is -0.504. The molecule has 17 heavy (non-hydrogen) atoms. The molecule has 0 aliphatic heterocycles. The minimum absolute atomic E-state index is 0.117. The average Bonchev–Trinajstić information content (AvgIpc) is 2.39. The van der Waals surface area contributed by atoms with Gasteiger partial charge in [-0.3, -0.25) is 9.69 Å². The van der Waals surface area contributed by atoms with Gasteiger partial charge in [-0.15, -0.1) is 11.6 Å². The van der Waals surface area contributed by atoms with Gasteiger partial charge in [-0.2, -0.15) is 0 Å². The van der Waals surface area contributed by atoms with Gasteiger partial charge in [-0.1, -0.05) is 25.1 Å². The molecular weight excluding hydrogens is 238 g/mol. The van der Waals surface area contributed by atoms with Gasteiger partial charge in [-0.25, -0.2) is 0 Å². The lowest BCUT2D eigenvalue weighted by Crippen LogP contribution is -2.38. The molecule has 94 valence electrons. The number of hydrogen-bond donors (Lipinski definition) is 0. The molecule has 0 saturated carbocycles. The summed E-state index contributed by atoms with van der Waals surface area (Å²) in [6, 6.07) is 9.42. The van der Waals surface area contributed by atoms with Gasteiger partial charge < -0.3 is 4.74 Å². The van der Waals surface area contributed by atoms with E-state index >= 15 is 0 Å². The van der Waals surface area contributed by atoms with E-state index in [0.717, 1.165) is 5.69 Å². The third-order valence-corrected chi connectivity index (χ3v) is 2.88. The highest BCUT2D eigenvalue weighted by atomic mass is 35.5. The summed E-state index contributed by atoms with van der Waals surface area (Å²) in [5.41, 5.74) is 0.810. The molecule has 0 aromatic heterocycles. The molecule has 0 heterocycles. The lowest BCUT2D eigenvalue weighted by atomic mass is 10.2. The average molecular weight is 256 g/mol. The van der Waals surface area contributed by atoms with Gasteiger partial charge in [0, 0.05) is 12.3 Å². The van der Waals surface area contributed by atoms with Crippen LogP contribution in [-0.2, 0) is 9.53 Å². The van der Waals surface area contributed by atoms with Crippen molar-refractivity contribution in [3.8, 4) is 0 Å². The number of carbonyl (C=O) groups excluding carboxylic acids is 1. The smallest absolute Gasteiger partial charge is 0.246 e. The fraction of sp³-hybridized carbons (Fsp3) is 0.462. The van der Waals surface area contributed by atoms with Crippen molar-refractivity contribution in [3.63, 3.8) is 0 Å². The third-order valence-electron chi connectivity index (χ3n) is 2.38. The summed E-state index contributed by atoms with van der Waals surface area (Å²) in [6.45, 7) is 4.59. The maximum Gasteiger partial charge on any atom is 0.246 e. The number of carbonyl (C=O) groups is 1. The van der Waals surface area contributed by atoms with Gasteiger partial charge in [-0.05, 0) is 25.5 Å². The first kappa shape index (κ1) is 14.0. The Bertz CT molecular complexity index is 343. The molecule has 0 bridgehead atoms. The molecule has 1 atom stereocenters. The van der Waals surface area contributed by atoms with Gasteiger partial charge in [0.05, 0.1) is 0 Å². The number of ether oxygens (including phenoxy) is 1. The molecule has 0 aliphatic rings. The number of hydrogen-bond acceptors (Lipinski definition) is 2. The molecule has 0 radical (unpaired) electrons. The first-order valence-corrected chi connectivity index (χ1v) is 6.22. The number of amides is 1. The van der Waals surface area contributed by atoms with Gasteiger partial charge >= 0.3 is 0 Å². The fourth-order valence-electron chi connectivity index (χ4n) is 1.40. The number of para-hydroxylation sites is 1. The Morgan fingerprint density at radius 2 is 2.00 bits per heavy atom. The molecule has 0 N–H and O–H groups in total. The first-order chi connectivity index (χ1) is 8.20. The number of rotatable bonds is 6. The van der Waals surface area contributed by atoms with Crippen molar-refractivity contribution in [1.29, 1.82) is 0 Å². The lowest BCUT2D eigenvalue weighted by Gasteiger charge is -2.24. The summed E-state index contributed by atoms with van der Waals surface area (Å²) in [5, 5.41) is -0.504. The molecule has 3 nitrogen and oxygen atoms in total. The highest BCUT2D eigenvalue weighted by molar-refractivity contribution is 6.32. The zero-order valence-electron chi connectivity index (χ0n) is 10.2. The first-order valence-electron chi connectivity index (χ1n) is 5.78. The van der Waals surface area contributed by atoms with Crippen molar-refractivity contribution in [3.05, 3.63) is 30.3 Å². The molecule has 1 amide bonds. The van der Waals surface area contributed by atoms with Crippen molar-refractivity contribution < 1.29 is 9.53 Å². The molecule has 0 saturated heterocycles. The van der Waals surface area contributed by atoms with Gasteiger partial charge in [0.2, 0.25) is 5.91 Å². The highest BCUT2D eigenvalue weighted by Gasteiger charge is 2.22. The van der Waals surface area contributed by atoms with E-state index in [1.54, 1.807) is 4.90 Å². The maximum absolute atomic E-state index is 12.1. The normalized spacial score (nSPS) is 12.2. The SMILES string of the molecule is CCOCN(C(=O)C(Cl)CC)c1ccccc1. The zero-order valence-corrected chi connectivity index (χ0v) is 11.0. The molecular formula is C13H18ClNO2. The molecule has 1 rings (SSSR count). The topological polar surface area (TPSA) is 29.5 Å². The number of halogens is 1. The van der Waals surface area contributed by atoms with Crippen LogP contribution in [-0.4, -0.2) is 24.6 Å². The fourth-order valence-corrected chi connectivity index (χ4v) is 1.52. The largest absolute Gasteiger partial charge is 0.361 e. The summed E-state index contributed by atoms with van der Waals surface area (Å²) in [4.78, 5) is 13.7. The van der Waals surface area contributed by atoms with Gasteiger partial charge in [0.1, 0.15) is 12.1 Å². The Balaban J connectivity index is 2.84. The predicted octanol–water partition coefficient (Wildman–Crippen LogP) is 3.03. The summed E-state index contributed by atoms with van der Waals surface area (Å²) >= 11 is 5.99. The van der Waals surface area contributed by atoms with Crippen LogP contribution in [0.3, 0.4) is 0 Å². The highest BCUT2D eigenvalue weighted by Crippen LogP contribution is 2.17. The van der Waals surface area contributed by atoms with Crippen molar-refractivity contribution in [1.82, 2.24) is 0 Å². The van der Waals surface area contributed by atoms with E-state index in [1.807, 2.05) is 44.2 Å². The minimum Gasteiger partial charge on any atom is -0.361 e. The summed E-state index contributed by atoms with van der Waals surface area (Å²) in [6.07, 6.45) is 0.607. The Morgan fingerprint density at radius 3 is 2.53 bits per heavy atom. The van der Waals surface area contributed by atoms with Crippen molar-refractivity contribution in [2.24, 2.45) is 0 Å². The standard InChI is InChI=1S/C13H18ClNO2/c1-3-12(14)13(16)15(10-17-4-2)11-8-6-5-7-9-11/h5-9,12H,3-4,10H2,1-2H3. The van der Waals surface area contributed by atoms with Crippen LogP contribution in [0.15, 0.2) is 30.3 Å². The summed E-state index contributed by atoms with van der Waals surface area (Å²) in [5.74, 6) is -0.117. The second-order valence-electron chi connectivity index (χ2n) is 3.60. The van der Waals surface area contributed by atoms with E-state index in [0.29, 0.717) is 13.0 Å². The van der Waals surface area contributed by atoms with E-state index in [2.05, 4.69) is 0 Å². The predicted molar refractivity (Wildman–Crippen MR) is 70.4 cm³/mol. The maximum atomic E-state index is 12.1. The number of alkyl halides is 1. The van der Waals surface area contributed by atoms with E-state index in [9.17, 15) is 4.79 Å². The third kappa shape index (κ3) is 4.02. The van der Waals surface area contributed by atoms with Crippen LogP contribution in [0.4, 0.5) is 5.69 Å². The van der Waals surface area contributed by atoms with E-state index in [1.165, 1.54) is 0 Å². The zero-order chi connectivity index (χ0) is 12.7. The van der Waals surface area contributed by atoms with Crippen LogP contribution in [0.5, 0.6) is 0 Å². The molecule has 1 aromatic rings. The Hall–Kier alpha value is -1.06. The molecule has 1 unspecified atom stereocenters. The van der Waals surface area contributed by atoms with Crippen LogP contribution in [0.2, 0.25) is 0 Å². The van der Waals surface area contributed by atoms with Crippen LogP contribution in [0.25, 0.3) is 0 Å². The molecule has 4 heteroatoms. The quantitative estimate of drug-likeness (QED) is 0.578. The molecule has 0 spiro atoms.